The molecular weight excluding hydrogens is 254 g/mol. The Kier molecular flexibility index (Phi) is 3.54. The zero-order chi connectivity index (χ0) is 14.3. The minimum absolute atomic E-state index is 0.0127. The molecule has 1 N–H and O–H groups in total. The van der Waals surface area contributed by atoms with Crippen molar-refractivity contribution in [3.8, 4) is 0 Å². The van der Waals surface area contributed by atoms with Gasteiger partial charge in [-0.15, -0.1) is 0 Å². The molecule has 0 bridgehead atoms. The van der Waals surface area contributed by atoms with Crippen LogP contribution in [0.15, 0.2) is 0 Å². The van der Waals surface area contributed by atoms with E-state index in [1.54, 1.807) is 0 Å². The van der Waals surface area contributed by atoms with E-state index in [4.69, 9.17) is 4.74 Å². The molecule has 1 saturated carbocycles. The van der Waals surface area contributed by atoms with Crippen molar-refractivity contribution < 1.29 is 9.53 Å². The molecule has 3 rings (SSSR count). The van der Waals surface area contributed by atoms with Crippen LogP contribution < -0.4 is 0 Å². The van der Waals surface area contributed by atoms with Crippen LogP contribution in [0.4, 0.5) is 0 Å². The lowest BCUT2D eigenvalue weighted by Gasteiger charge is -2.26. The van der Waals surface area contributed by atoms with Gasteiger partial charge in [-0.1, -0.05) is 0 Å². The fourth-order valence-electron chi connectivity index (χ4n) is 2.97. The van der Waals surface area contributed by atoms with Crippen LogP contribution in [-0.4, -0.2) is 40.2 Å². The lowest BCUT2D eigenvalue weighted by atomic mass is 9.99. The van der Waals surface area contributed by atoms with E-state index in [0.29, 0.717) is 11.6 Å². The van der Waals surface area contributed by atoms with Gasteiger partial charge in [-0.3, -0.25) is 9.89 Å². The fourth-order valence-corrected chi connectivity index (χ4v) is 2.97. The maximum absolute atomic E-state index is 12.7. The van der Waals surface area contributed by atoms with E-state index >= 15 is 0 Å². The third-order valence-electron chi connectivity index (χ3n) is 4.28. The average Bonchev–Trinajstić information content (AvgIpc) is 3.13. The molecule has 0 aromatic carbocycles. The molecule has 0 spiro atoms. The van der Waals surface area contributed by atoms with Gasteiger partial charge >= 0.3 is 0 Å². The van der Waals surface area contributed by atoms with E-state index in [1.165, 1.54) is 12.8 Å². The van der Waals surface area contributed by atoms with Crippen LogP contribution in [0, 0.1) is 5.92 Å². The molecular formula is C15H23N3O2. The van der Waals surface area contributed by atoms with E-state index in [2.05, 4.69) is 10.2 Å². The SMILES string of the molecule is CCN(CC1CC1)C(=O)c1n[nH]c2c1C[C@H](C)O[C@@H]2C. The summed E-state index contributed by atoms with van der Waals surface area (Å²) in [5, 5.41) is 7.29. The molecule has 0 saturated heterocycles. The second-order valence-electron chi connectivity index (χ2n) is 6.04. The lowest BCUT2D eigenvalue weighted by Crippen LogP contribution is -2.34. The monoisotopic (exact) mass is 277 g/mol. The van der Waals surface area contributed by atoms with Gasteiger partial charge in [0.05, 0.1) is 17.9 Å². The number of carbonyl (C=O) groups excluding carboxylic acids is 1. The first-order valence-electron chi connectivity index (χ1n) is 7.62. The molecule has 110 valence electrons. The van der Waals surface area contributed by atoms with Crippen molar-refractivity contribution in [3.05, 3.63) is 17.0 Å². The number of hydrogen-bond acceptors (Lipinski definition) is 3. The van der Waals surface area contributed by atoms with E-state index < -0.39 is 0 Å². The van der Waals surface area contributed by atoms with E-state index in [1.807, 2.05) is 25.7 Å². The normalized spacial score (nSPS) is 25.4. The van der Waals surface area contributed by atoms with Crippen LogP contribution in [0.2, 0.25) is 0 Å². The highest BCUT2D eigenvalue weighted by molar-refractivity contribution is 5.94. The standard InChI is InChI=1S/C15H23N3O2/c1-4-18(8-11-5-6-11)15(19)14-12-7-9(2)20-10(3)13(12)16-17-14/h9-11H,4-8H2,1-3H3,(H,16,17)/t9-,10+/m0/s1. The summed E-state index contributed by atoms with van der Waals surface area (Å²) in [4.78, 5) is 14.6. The zero-order valence-electron chi connectivity index (χ0n) is 12.5. The molecule has 5 nitrogen and oxygen atoms in total. The Morgan fingerprint density at radius 2 is 2.20 bits per heavy atom. The van der Waals surface area contributed by atoms with Crippen molar-refractivity contribution in [2.75, 3.05) is 13.1 Å². The number of aromatic nitrogens is 2. The first kappa shape index (κ1) is 13.6. The van der Waals surface area contributed by atoms with Crippen LogP contribution >= 0.6 is 0 Å². The minimum atomic E-state index is -0.0127. The van der Waals surface area contributed by atoms with Gasteiger partial charge in [-0.25, -0.2) is 0 Å². The Morgan fingerprint density at radius 1 is 1.45 bits per heavy atom. The van der Waals surface area contributed by atoms with Crippen molar-refractivity contribution in [3.63, 3.8) is 0 Å². The van der Waals surface area contributed by atoms with Gasteiger partial charge in [0.15, 0.2) is 5.69 Å². The van der Waals surface area contributed by atoms with Gasteiger partial charge in [0.25, 0.3) is 5.91 Å². The van der Waals surface area contributed by atoms with Crippen LogP contribution in [0.25, 0.3) is 0 Å². The zero-order valence-corrected chi connectivity index (χ0v) is 12.5. The topological polar surface area (TPSA) is 58.2 Å². The van der Waals surface area contributed by atoms with Crippen molar-refractivity contribution in [2.45, 2.75) is 52.2 Å². The summed E-state index contributed by atoms with van der Waals surface area (Å²) in [6.45, 7) is 7.70. The Labute approximate surface area is 119 Å². The molecule has 2 heterocycles. The summed E-state index contributed by atoms with van der Waals surface area (Å²) in [6.07, 6.45) is 3.40. The molecule has 1 aromatic heterocycles. The van der Waals surface area contributed by atoms with Gasteiger partial charge in [0.2, 0.25) is 0 Å². The van der Waals surface area contributed by atoms with Gasteiger partial charge in [0.1, 0.15) is 0 Å². The molecule has 1 amide bonds. The van der Waals surface area contributed by atoms with Crippen LogP contribution in [-0.2, 0) is 11.2 Å². The van der Waals surface area contributed by atoms with E-state index in [9.17, 15) is 4.79 Å². The number of rotatable bonds is 4. The Morgan fingerprint density at radius 3 is 2.85 bits per heavy atom. The van der Waals surface area contributed by atoms with Crippen LogP contribution in [0.3, 0.4) is 0 Å². The molecule has 1 fully saturated rings. The Hall–Kier alpha value is -1.36. The molecule has 2 atom stereocenters. The van der Waals surface area contributed by atoms with E-state index in [-0.39, 0.29) is 18.1 Å². The number of amides is 1. The number of hydrogen-bond donors (Lipinski definition) is 1. The van der Waals surface area contributed by atoms with E-state index in [0.717, 1.165) is 30.8 Å². The minimum Gasteiger partial charge on any atom is -0.369 e. The molecule has 0 unspecified atom stereocenters. The number of aromatic amines is 1. The van der Waals surface area contributed by atoms with Gasteiger partial charge < -0.3 is 9.64 Å². The summed E-state index contributed by atoms with van der Waals surface area (Å²) in [5.41, 5.74) is 2.62. The molecule has 20 heavy (non-hydrogen) atoms. The highest BCUT2D eigenvalue weighted by Gasteiger charge is 2.32. The molecule has 0 radical (unpaired) electrons. The van der Waals surface area contributed by atoms with Crippen LogP contribution in [0.5, 0.6) is 0 Å². The summed E-state index contributed by atoms with van der Waals surface area (Å²) in [7, 11) is 0. The summed E-state index contributed by atoms with van der Waals surface area (Å²) in [6, 6.07) is 0. The molecule has 1 aromatic rings. The molecule has 1 aliphatic heterocycles. The maximum Gasteiger partial charge on any atom is 0.274 e. The van der Waals surface area contributed by atoms with Crippen molar-refractivity contribution in [1.29, 1.82) is 0 Å². The predicted octanol–water partition coefficient (Wildman–Crippen LogP) is 2.30. The molecule has 1 aliphatic carbocycles. The number of H-pyrrole nitrogens is 1. The van der Waals surface area contributed by atoms with Gasteiger partial charge in [-0.2, -0.15) is 5.10 Å². The number of nitrogens with one attached hydrogen (secondary N) is 1. The Balaban J connectivity index is 1.84. The first-order valence-corrected chi connectivity index (χ1v) is 7.62. The largest absolute Gasteiger partial charge is 0.369 e. The molecule has 2 aliphatic rings. The third kappa shape index (κ3) is 2.46. The van der Waals surface area contributed by atoms with Gasteiger partial charge in [-0.05, 0) is 39.5 Å². The van der Waals surface area contributed by atoms with Gasteiger partial charge in [0, 0.05) is 25.1 Å². The predicted molar refractivity (Wildman–Crippen MR) is 75.6 cm³/mol. The molecule has 5 heteroatoms. The number of nitrogens with zero attached hydrogens (tertiary/aromatic N) is 2. The van der Waals surface area contributed by atoms with Crippen molar-refractivity contribution in [2.24, 2.45) is 5.92 Å². The third-order valence-corrected chi connectivity index (χ3v) is 4.28. The summed E-state index contributed by atoms with van der Waals surface area (Å²) >= 11 is 0. The summed E-state index contributed by atoms with van der Waals surface area (Å²) < 4.78 is 5.77. The number of carbonyl (C=O) groups is 1. The quantitative estimate of drug-likeness (QED) is 0.918. The highest BCUT2D eigenvalue weighted by atomic mass is 16.5. The highest BCUT2D eigenvalue weighted by Crippen LogP contribution is 2.32. The van der Waals surface area contributed by atoms with Crippen molar-refractivity contribution in [1.82, 2.24) is 15.1 Å². The average molecular weight is 277 g/mol. The smallest absolute Gasteiger partial charge is 0.274 e. The summed E-state index contributed by atoms with van der Waals surface area (Å²) in [5.74, 6) is 0.771. The lowest BCUT2D eigenvalue weighted by molar-refractivity contribution is -0.00702. The number of fused-ring (bicyclic) bond motifs is 1. The number of ether oxygens (including phenoxy) is 1. The first-order chi connectivity index (χ1) is 9.60. The van der Waals surface area contributed by atoms with Crippen LogP contribution in [0.1, 0.15) is 61.5 Å². The second-order valence-corrected chi connectivity index (χ2v) is 6.04. The fraction of sp³-hybridized carbons (Fsp3) is 0.733. The Bertz CT molecular complexity index is 507. The van der Waals surface area contributed by atoms with Crippen molar-refractivity contribution >= 4 is 5.91 Å². The second kappa shape index (κ2) is 5.20. The maximum atomic E-state index is 12.7.